The van der Waals surface area contributed by atoms with Crippen LogP contribution in [0.15, 0.2) is 59.5 Å². The zero-order valence-electron chi connectivity index (χ0n) is 14.1. The molecule has 0 aliphatic heterocycles. The molecule has 0 heterocycles. The van der Waals surface area contributed by atoms with Gasteiger partial charge in [-0.25, -0.2) is 0 Å². The lowest BCUT2D eigenvalue weighted by molar-refractivity contribution is -0.115. The molecule has 2 N–H and O–H groups in total. The van der Waals surface area contributed by atoms with Gasteiger partial charge in [0.05, 0.1) is 16.5 Å². The number of benzene rings is 2. The van der Waals surface area contributed by atoms with E-state index in [2.05, 4.69) is 10.6 Å². The van der Waals surface area contributed by atoms with Gasteiger partial charge in [0.1, 0.15) is 0 Å². The SMILES string of the molecule is CC(C)NC(=O)c1ccccc1NC(=O)[C@@H](C)Sc1ccccc1. The molecule has 126 valence electrons. The van der Waals surface area contributed by atoms with E-state index < -0.39 is 0 Å². The maximum Gasteiger partial charge on any atom is 0.253 e. The Morgan fingerprint density at radius 1 is 0.917 bits per heavy atom. The number of amides is 2. The van der Waals surface area contributed by atoms with Crippen molar-refractivity contribution in [2.75, 3.05) is 5.32 Å². The molecule has 2 aromatic carbocycles. The summed E-state index contributed by atoms with van der Waals surface area (Å²) in [4.78, 5) is 25.7. The van der Waals surface area contributed by atoms with Crippen LogP contribution in [0.5, 0.6) is 0 Å². The Kier molecular flexibility index (Phi) is 6.44. The molecular weight excluding hydrogens is 320 g/mol. The molecule has 5 heteroatoms. The van der Waals surface area contributed by atoms with Gasteiger partial charge in [0.15, 0.2) is 0 Å². The molecule has 24 heavy (non-hydrogen) atoms. The van der Waals surface area contributed by atoms with Crippen LogP contribution >= 0.6 is 11.8 Å². The van der Waals surface area contributed by atoms with Gasteiger partial charge >= 0.3 is 0 Å². The Morgan fingerprint density at radius 3 is 2.21 bits per heavy atom. The van der Waals surface area contributed by atoms with Crippen molar-refractivity contribution in [1.82, 2.24) is 5.32 Å². The van der Waals surface area contributed by atoms with Gasteiger partial charge < -0.3 is 10.6 Å². The fourth-order valence-electron chi connectivity index (χ4n) is 2.12. The first-order chi connectivity index (χ1) is 11.5. The summed E-state index contributed by atoms with van der Waals surface area (Å²) in [5, 5.41) is 5.44. The molecule has 0 bridgehead atoms. The van der Waals surface area contributed by atoms with Crippen molar-refractivity contribution in [3.05, 3.63) is 60.2 Å². The van der Waals surface area contributed by atoms with Crippen molar-refractivity contribution in [3.8, 4) is 0 Å². The number of carbonyl (C=O) groups is 2. The molecule has 2 aromatic rings. The summed E-state index contributed by atoms with van der Waals surface area (Å²) in [7, 11) is 0. The second-order valence-electron chi connectivity index (χ2n) is 5.74. The average molecular weight is 342 g/mol. The topological polar surface area (TPSA) is 58.2 Å². The molecule has 0 radical (unpaired) electrons. The predicted molar refractivity (Wildman–Crippen MR) is 99.4 cm³/mol. The second-order valence-corrected chi connectivity index (χ2v) is 7.15. The summed E-state index contributed by atoms with van der Waals surface area (Å²) < 4.78 is 0. The maximum absolute atomic E-state index is 12.5. The van der Waals surface area contributed by atoms with E-state index in [1.54, 1.807) is 24.3 Å². The molecular formula is C19H22N2O2S. The highest BCUT2D eigenvalue weighted by atomic mass is 32.2. The van der Waals surface area contributed by atoms with Gasteiger partial charge in [-0.2, -0.15) is 0 Å². The summed E-state index contributed by atoms with van der Waals surface area (Å²) in [5.41, 5.74) is 0.998. The van der Waals surface area contributed by atoms with Gasteiger partial charge in [-0.3, -0.25) is 9.59 Å². The lowest BCUT2D eigenvalue weighted by atomic mass is 10.1. The van der Waals surface area contributed by atoms with Gasteiger partial charge in [0.2, 0.25) is 5.91 Å². The standard InChI is InChI=1S/C19H22N2O2S/c1-13(2)20-19(23)16-11-7-8-12-17(16)21-18(22)14(3)24-15-9-5-4-6-10-15/h4-14H,1-3H3,(H,20,23)(H,21,22)/t14-/m1/s1. The van der Waals surface area contributed by atoms with E-state index in [-0.39, 0.29) is 23.1 Å². The zero-order valence-corrected chi connectivity index (χ0v) is 14.9. The van der Waals surface area contributed by atoms with E-state index in [4.69, 9.17) is 0 Å². The first-order valence-electron chi connectivity index (χ1n) is 7.90. The normalized spacial score (nSPS) is 11.8. The van der Waals surface area contributed by atoms with E-state index in [1.807, 2.05) is 51.1 Å². The lowest BCUT2D eigenvalue weighted by Crippen LogP contribution is -2.31. The Balaban J connectivity index is 2.07. The van der Waals surface area contributed by atoms with Crippen LogP contribution in [-0.4, -0.2) is 23.1 Å². The van der Waals surface area contributed by atoms with E-state index in [0.717, 1.165) is 4.90 Å². The largest absolute Gasteiger partial charge is 0.350 e. The Morgan fingerprint density at radius 2 is 1.54 bits per heavy atom. The van der Waals surface area contributed by atoms with Gasteiger partial charge in [-0.05, 0) is 45.0 Å². The number of hydrogen-bond donors (Lipinski definition) is 2. The van der Waals surface area contributed by atoms with Crippen LogP contribution in [-0.2, 0) is 4.79 Å². The van der Waals surface area contributed by atoms with E-state index in [0.29, 0.717) is 11.3 Å². The van der Waals surface area contributed by atoms with Crippen molar-refractivity contribution in [3.63, 3.8) is 0 Å². The monoisotopic (exact) mass is 342 g/mol. The third-order valence-electron chi connectivity index (χ3n) is 3.27. The number of thioether (sulfide) groups is 1. The summed E-state index contributed by atoms with van der Waals surface area (Å²) in [6.45, 7) is 5.65. The van der Waals surface area contributed by atoms with Gasteiger partial charge in [-0.15, -0.1) is 11.8 Å². The minimum Gasteiger partial charge on any atom is -0.350 e. The number of anilines is 1. The smallest absolute Gasteiger partial charge is 0.253 e. The van der Waals surface area contributed by atoms with Crippen LogP contribution < -0.4 is 10.6 Å². The molecule has 2 rings (SSSR count). The van der Waals surface area contributed by atoms with Crippen LogP contribution in [0.3, 0.4) is 0 Å². The maximum atomic E-state index is 12.5. The van der Waals surface area contributed by atoms with Crippen LogP contribution in [0.2, 0.25) is 0 Å². The van der Waals surface area contributed by atoms with E-state index in [1.165, 1.54) is 11.8 Å². The van der Waals surface area contributed by atoms with Gasteiger partial charge in [0.25, 0.3) is 5.91 Å². The fraction of sp³-hybridized carbons (Fsp3) is 0.263. The number of hydrogen-bond acceptors (Lipinski definition) is 3. The molecule has 0 unspecified atom stereocenters. The molecule has 0 saturated carbocycles. The Hall–Kier alpha value is -2.27. The van der Waals surface area contributed by atoms with E-state index >= 15 is 0 Å². The summed E-state index contributed by atoms with van der Waals surface area (Å²) in [6, 6.07) is 16.8. The average Bonchev–Trinajstić information content (AvgIpc) is 2.55. The predicted octanol–water partition coefficient (Wildman–Crippen LogP) is 3.94. The van der Waals surface area contributed by atoms with Gasteiger partial charge in [0, 0.05) is 10.9 Å². The molecule has 0 aliphatic rings. The van der Waals surface area contributed by atoms with Crippen molar-refractivity contribution in [1.29, 1.82) is 0 Å². The molecule has 0 saturated heterocycles. The van der Waals surface area contributed by atoms with Crippen molar-refractivity contribution in [2.24, 2.45) is 0 Å². The van der Waals surface area contributed by atoms with Crippen LogP contribution in [0, 0.1) is 0 Å². The van der Waals surface area contributed by atoms with Crippen molar-refractivity contribution < 1.29 is 9.59 Å². The highest BCUT2D eigenvalue weighted by Crippen LogP contribution is 2.24. The Labute approximate surface area is 147 Å². The second kappa shape index (κ2) is 8.55. The Bertz CT molecular complexity index is 702. The molecule has 0 spiro atoms. The molecule has 0 aliphatic carbocycles. The van der Waals surface area contributed by atoms with Crippen molar-refractivity contribution in [2.45, 2.75) is 37.0 Å². The molecule has 4 nitrogen and oxygen atoms in total. The van der Waals surface area contributed by atoms with Crippen LogP contribution in [0.1, 0.15) is 31.1 Å². The number of carbonyl (C=O) groups excluding carboxylic acids is 2. The highest BCUT2D eigenvalue weighted by Gasteiger charge is 2.18. The van der Waals surface area contributed by atoms with Crippen LogP contribution in [0.4, 0.5) is 5.69 Å². The summed E-state index contributed by atoms with van der Waals surface area (Å²) in [5.74, 6) is -0.321. The number of para-hydroxylation sites is 1. The summed E-state index contributed by atoms with van der Waals surface area (Å²) in [6.07, 6.45) is 0. The fourth-order valence-corrected chi connectivity index (χ4v) is 3.01. The highest BCUT2D eigenvalue weighted by molar-refractivity contribution is 8.00. The molecule has 2 amide bonds. The summed E-state index contributed by atoms with van der Waals surface area (Å²) >= 11 is 1.48. The van der Waals surface area contributed by atoms with E-state index in [9.17, 15) is 9.59 Å². The molecule has 1 atom stereocenters. The first kappa shape index (κ1) is 18.1. The van der Waals surface area contributed by atoms with Crippen LogP contribution in [0.25, 0.3) is 0 Å². The number of nitrogens with one attached hydrogen (secondary N) is 2. The minimum atomic E-state index is -0.270. The number of rotatable bonds is 6. The third kappa shape index (κ3) is 5.13. The zero-order chi connectivity index (χ0) is 17.5. The third-order valence-corrected chi connectivity index (χ3v) is 4.39. The van der Waals surface area contributed by atoms with Gasteiger partial charge in [-0.1, -0.05) is 30.3 Å². The lowest BCUT2D eigenvalue weighted by Gasteiger charge is -2.15. The van der Waals surface area contributed by atoms with Crippen molar-refractivity contribution >= 4 is 29.3 Å². The quantitative estimate of drug-likeness (QED) is 0.782. The minimum absolute atomic E-state index is 0.0359. The molecule has 0 fully saturated rings. The first-order valence-corrected chi connectivity index (χ1v) is 8.78. The molecule has 0 aromatic heterocycles.